The molecule has 0 aliphatic rings. The van der Waals surface area contributed by atoms with Crippen molar-refractivity contribution in [3.63, 3.8) is 0 Å². The minimum absolute atomic E-state index is 0.121. The maximum atomic E-state index is 7.52. The highest BCUT2D eigenvalue weighted by Crippen LogP contribution is 2.20. The quantitative estimate of drug-likeness (QED) is 0.660. The van der Waals surface area contributed by atoms with Crippen molar-refractivity contribution in [2.45, 2.75) is 20.4 Å². The van der Waals surface area contributed by atoms with E-state index in [1.807, 2.05) is 19.1 Å². The van der Waals surface area contributed by atoms with Gasteiger partial charge in [0.1, 0.15) is 5.84 Å². The fourth-order valence-corrected chi connectivity index (χ4v) is 2.36. The van der Waals surface area contributed by atoms with Crippen molar-refractivity contribution >= 4 is 11.5 Å². The normalized spacial score (nSPS) is 10.3. The largest absolute Gasteiger partial charge is 0.384 e. The van der Waals surface area contributed by atoms with E-state index in [1.165, 1.54) is 11.1 Å². The van der Waals surface area contributed by atoms with Gasteiger partial charge in [0, 0.05) is 24.8 Å². The fraction of sp³-hybridized carbons (Fsp3) is 0.235. The Morgan fingerprint density at radius 1 is 1.15 bits per heavy atom. The summed E-state index contributed by atoms with van der Waals surface area (Å²) in [6.07, 6.45) is 0. The van der Waals surface area contributed by atoms with E-state index in [4.69, 9.17) is 11.1 Å². The summed E-state index contributed by atoms with van der Waals surface area (Å²) in [4.78, 5) is 2.20. The highest BCUT2D eigenvalue weighted by molar-refractivity contribution is 5.96. The maximum absolute atomic E-state index is 7.52. The van der Waals surface area contributed by atoms with Crippen molar-refractivity contribution in [1.82, 2.24) is 0 Å². The minimum Gasteiger partial charge on any atom is -0.384 e. The molecule has 0 aromatic heterocycles. The van der Waals surface area contributed by atoms with Crippen LogP contribution in [0.3, 0.4) is 0 Å². The smallest absolute Gasteiger partial charge is 0.123 e. The average molecular weight is 267 g/mol. The zero-order chi connectivity index (χ0) is 14.7. The SMILES string of the molecule is Cc1cccc(CN(C)c2ccc(C(=N)N)c(C)c2)c1. The molecular weight excluding hydrogens is 246 g/mol. The molecule has 0 heterocycles. The molecule has 0 unspecified atom stereocenters. The first kappa shape index (κ1) is 14.1. The van der Waals surface area contributed by atoms with Crippen LogP contribution in [-0.2, 0) is 6.54 Å². The molecule has 2 aromatic rings. The zero-order valence-electron chi connectivity index (χ0n) is 12.3. The van der Waals surface area contributed by atoms with Gasteiger partial charge in [0.2, 0.25) is 0 Å². The van der Waals surface area contributed by atoms with Gasteiger partial charge in [-0.25, -0.2) is 0 Å². The molecule has 2 rings (SSSR count). The lowest BCUT2D eigenvalue weighted by Crippen LogP contribution is -2.18. The van der Waals surface area contributed by atoms with Crippen LogP contribution in [0.15, 0.2) is 42.5 Å². The summed E-state index contributed by atoms with van der Waals surface area (Å²) in [7, 11) is 2.07. The molecule has 3 nitrogen and oxygen atoms in total. The molecule has 0 spiro atoms. The first-order chi connectivity index (χ1) is 9.47. The topological polar surface area (TPSA) is 53.1 Å². The van der Waals surface area contributed by atoms with E-state index in [0.29, 0.717) is 0 Å². The Labute approximate surface area is 120 Å². The van der Waals surface area contributed by atoms with Crippen molar-refractivity contribution in [3.05, 3.63) is 64.7 Å². The van der Waals surface area contributed by atoms with Crippen LogP contribution in [0, 0.1) is 19.3 Å². The molecule has 20 heavy (non-hydrogen) atoms. The molecule has 0 atom stereocenters. The van der Waals surface area contributed by atoms with Crippen LogP contribution in [0.4, 0.5) is 5.69 Å². The van der Waals surface area contributed by atoms with Gasteiger partial charge in [-0.3, -0.25) is 5.41 Å². The molecule has 3 N–H and O–H groups in total. The van der Waals surface area contributed by atoms with E-state index < -0.39 is 0 Å². The third kappa shape index (κ3) is 3.18. The third-order valence-electron chi connectivity index (χ3n) is 3.44. The van der Waals surface area contributed by atoms with Crippen LogP contribution in [0.1, 0.15) is 22.3 Å². The first-order valence-electron chi connectivity index (χ1n) is 6.69. The molecule has 104 valence electrons. The zero-order valence-corrected chi connectivity index (χ0v) is 12.3. The van der Waals surface area contributed by atoms with Crippen LogP contribution < -0.4 is 10.6 Å². The second-order valence-corrected chi connectivity index (χ2v) is 5.26. The highest BCUT2D eigenvalue weighted by atomic mass is 15.1. The Morgan fingerprint density at radius 2 is 1.90 bits per heavy atom. The predicted molar refractivity (Wildman–Crippen MR) is 85.5 cm³/mol. The number of nitrogen functional groups attached to an aromatic ring is 1. The number of anilines is 1. The summed E-state index contributed by atoms with van der Waals surface area (Å²) >= 11 is 0. The predicted octanol–water partition coefficient (Wildman–Crippen LogP) is 3.22. The summed E-state index contributed by atoms with van der Waals surface area (Å²) in [5, 5.41) is 7.52. The number of hydrogen-bond acceptors (Lipinski definition) is 2. The molecule has 0 amide bonds. The lowest BCUT2D eigenvalue weighted by molar-refractivity contribution is 0.920. The van der Waals surface area contributed by atoms with Crippen LogP contribution in [0.2, 0.25) is 0 Å². The monoisotopic (exact) mass is 267 g/mol. The Bertz CT molecular complexity index is 632. The first-order valence-corrected chi connectivity index (χ1v) is 6.69. The van der Waals surface area contributed by atoms with Crippen molar-refractivity contribution in [2.75, 3.05) is 11.9 Å². The molecule has 0 bridgehead atoms. The van der Waals surface area contributed by atoms with E-state index in [-0.39, 0.29) is 5.84 Å². The summed E-state index contributed by atoms with van der Waals surface area (Å²) < 4.78 is 0. The van der Waals surface area contributed by atoms with Crippen LogP contribution >= 0.6 is 0 Å². The Morgan fingerprint density at radius 3 is 2.50 bits per heavy atom. The van der Waals surface area contributed by atoms with E-state index in [1.54, 1.807) is 0 Å². The van der Waals surface area contributed by atoms with Gasteiger partial charge in [0.05, 0.1) is 0 Å². The van der Waals surface area contributed by atoms with Gasteiger partial charge in [-0.05, 0) is 43.2 Å². The number of aryl methyl sites for hydroxylation is 2. The molecule has 0 saturated heterocycles. The van der Waals surface area contributed by atoms with E-state index in [2.05, 4.69) is 49.2 Å². The van der Waals surface area contributed by atoms with Crippen LogP contribution in [0.25, 0.3) is 0 Å². The van der Waals surface area contributed by atoms with Crippen molar-refractivity contribution in [1.29, 1.82) is 5.41 Å². The van der Waals surface area contributed by atoms with Crippen molar-refractivity contribution in [3.8, 4) is 0 Å². The third-order valence-corrected chi connectivity index (χ3v) is 3.44. The maximum Gasteiger partial charge on any atom is 0.123 e. The second kappa shape index (κ2) is 5.78. The molecule has 3 heteroatoms. The summed E-state index contributed by atoms with van der Waals surface area (Å²) in [6.45, 7) is 4.95. The van der Waals surface area contributed by atoms with E-state index >= 15 is 0 Å². The second-order valence-electron chi connectivity index (χ2n) is 5.26. The summed E-state index contributed by atoms with van der Waals surface area (Å²) in [5.74, 6) is 0.121. The molecule has 0 aliphatic carbocycles. The number of benzene rings is 2. The number of rotatable bonds is 4. The van der Waals surface area contributed by atoms with Crippen LogP contribution in [0.5, 0.6) is 0 Å². The number of amidine groups is 1. The number of hydrogen-bond donors (Lipinski definition) is 2. The van der Waals surface area contributed by atoms with Crippen molar-refractivity contribution in [2.24, 2.45) is 5.73 Å². The van der Waals surface area contributed by atoms with Gasteiger partial charge in [-0.1, -0.05) is 29.8 Å². The van der Waals surface area contributed by atoms with Gasteiger partial charge >= 0.3 is 0 Å². The van der Waals surface area contributed by atoms with Gasteiger partial charge in [0.25, 0.3) is 0 Å². The fourth-order valence-electron chi connectivity index (χ4n) is 2.36. The summed E-state index contributed by atoms with van der Waals surface area (Å²) in [6, 6.07) is 14.5. The summed E-state index contributed by atoms with van der Waals surface area (Å²) in [5.41, 5.74) is 11.1. The molecule has 0 radical (unpaired) electrons. The Kier molecular flexibility index (Phi) is 4.08. The standard InChI is InChI=1S/C17H21N3/c1-12-5-4-6-14(9-12)11-20(3)15-7-8-16(17(18)19)13(2)10-15/h4-10H,11H2,1-3H3,(H3,18,19). The van der Waals surface area contributed by atoms with Gasteiger partial charge < -0.3 is 10.6 Å². The lowest BCUT2D eigenvalue weighted by atomic mass is 10.1. The number of nitrogens with zero attached hydrogens (tertiary/aromatic N) is 1. The highest BCUT2D eigenvalue weighted by Gasteiger charge is 2.06. The van der Waals surface area contributed by atoms with Crippen LogP contribution in [-0.4, -0.2) is 12.9 Å². The molecular formula is C17H21N3. The lowest BCUT2D eigenvalue weighted by Gasteiger charge is -2.21. The van der Waals surface area contributed by atoms with Gasteiger partial charge in [-0.15, -0.1) is 0 Å². The van der Waals surface area contributed by atoms with Crippen molar-refractivity contribution < 1.29 is 0 Å². The molecule has 0 fully saturated rings. The van der Waals surface area contributed by atoms with E-state index in [0.717, 1.165) is 23.4 Å². The minimum atomic E-state index is 0.121. The van der Waals surface area contributed by atoms with E-state index in [9.17, 15) is 0 Å². The molecule has 0 aliphatic heterocycles. The number of nitrogens with one attached hydrogen (secondary N) is 1. The van der Waals surface area contributed by atoms with Gasteiger partial charge in [0.15, 0.2) is 0 Å². The Hall–Kier alpha value is -2.29. The Balaban J connectivity index is 2.19. The molecule has 0 saturated carbocycles. The molecule has 2 aromatic carbocycles. The average Bonchev–Trinajstić information content (AvgIpc) is 2.38. The number of nitrogens with two attached hydrogens (primary N) is 1. The van der Waals surface area contributed by atoms with Gasteiger partial charge in [-0.2, -0.15) is 0 Å².